The summed E-state index contributed by atoms with van der Waals surface area (Å²) in [6.45, 7) is 1.47. The number of hydrogen-bond acceptors (Lipinski definition) is 4. The van der Waals surface area contributed by atoms with Crippen LogP contribution in [0, 0.1) is 5.82 Å². The second-order valence-electron chi connectivity index (χ2n) is 6.89. The van der Waals surface area contributed by atoms with Crippen LogP contribution in [0.25, 0.3) is 0 Å². The fraction of sp³-hybridized carbons (Fsp3) is 0.588. The lowest BCUT2D eigenvalue weighted by Gasteiger charge is -2.36. The molecule has 2 fully saturated rings. The van der Waals surface area contributed by atoms with Gasteiger partial charge in [0.2, 0.25) is 10.0 Å². The largest absolute Gasteiger partial charge is 0.375 e. The van der Waals surface area contributed by atoms with Gasteiger partial charge in [0, 0.05) is 45.3 Å². The van der Waals surface area contributed by atoms with Crippen LogP contribution >= 0.6 is 0 Å². The minimum Gasteiger partial charge on any atom is -0.375 e. The van der Waals surface area contributed by atoms with E-state index >= 15 is 0 Å². The number of sulfonamides is 1. The molecule has 0 radical (unpaired) electrons. The van der Waals surface area contributed by atoms with Gasteiger partial charge < -0.3 is 9.80 Å². The normalized spacial score (nSPS) is 23.6. The lowest BCUT2D eigenvalue weighted by atomic mass is 10.0. The van der Waals surface area contributed by atoms with Crippen LogP contribution in [0.1, 0.15) is 29.6 Å². The van der Waals surface area contributed by atoms with Crippen LogP contribution < -0.4 is 4.90 Å². The van der Waals surface area contributed by atoms with Gasteiger partial charge in [-0.1, -0.05) is 0 Å². The second kappa shape index (κ2) is 6.92. The van der Waals surface area contributed by atoms with E-state index in [4.69, 9.17) is 0 Å². The Morgan fingerprint density at radius 3 is 2.60 bits per heavy atom. The molecule has 0 aromatic heterocycles. The first-order valence-electron chi connectivity index (χ1n) is 8.55. The van der Waals surface area contributed by atoms with Gasteiger partial charge >= 0.3 is 0 Å². The summed E-state index contributed by atoms with van der Waals surface area (Å²) in [5.74, 6) is -0.494. The van der Waals surface area contributed by atoms with Crippen molar-refractivity contribution in [3.8, 4) is 0 Å². The third kappa shape index (κ3) is 3.64. The number of nitrogens with zero attached hydrogens (tertiary/aromatic N) is 3. The predicted molar refractivity (Wildman–Crippen MR) is 94.8 cm³/mol. The maximum atomic E-state index is 14.2. The first kappa shape index (κ1) is 18.1. The molecule has 2 aliphatic rings. The molecule has 2 saturated heterocycles. The maximum Gasteiger partial charge on any atom is 0.254 e. The topological polar surface area (TPSA) is 60.9 Å². The first-order chi connectivity index (χ1) is 11.8. The van der Waals surface area contributed by atoms with Gasteiger partial charge in [0.1, 0.15) is 5.82 Å². The minimum atomic E-state index is -3.19. The average molecular weight is 369 g/mol. The van der Waals surface area contributed by atoms with Gasteiger partial charge in [0.05, 0.1) is 11.4 Å². The summed E-state index contributed by atoms with van der Waals surface area (Å²) in [5.41, 5.74) is 0.726. The molecule has 6 nitrogen and oxygen atoms in total. The Kier molecular flexibility index (Phi) is 5.02. The van der Waals surface area contributed by atoms with Gasteiger partial charge in [-0.2, -0.15) is 4.31 Å². The molecule has 0 aliphatic carbocycles. The van der Waals surface area contributed by atoms with Crippen molar-refractivity contribution in [2.24, 2.45) is 0 Å². The van der Waals surface area contributed by atoms with E-state index in [0.717, 1.165) is 12.8 Å². The summed E-state index contributed by atoms with van der Waals surface area (Å²) >= 11 is 0. The molecule has 1 aromatic rings. The molecule has 138 valence electrons. The zero-order valence-electron chi connectivity index (χ0n) is 14.6. The molecule has 0 N–H and O–H groups in total. The molecule has 2 aliphatic heterocycles. The van der Waals surface area contributed by atoms with Crippen LogP contribution in [0.3, 0.4) is 0 Å². The van der Waals surface area contributed by atoms with Crippen molar-refractivity contribution >= 4 is 21.6 Å². The van der Waals surface area contributed by atoms with Crippen molar-refractivity contribution in [1.82, 2.24) is 9.21 Å². The molecule has 2 heterocycles. The van der Waals surface area contributed by atoms with Gasteiger partial charge in [-0.25, -0.2) is 12.8 Å². The van der Waals surface area contributed by atoms with E-state index in [1.807, 2.05) is 0 Å². The number of amides is 1. The molecule has 1 unspecified atom stereocenters. The van der Waals surface area contributed by atoms with Crippen LogP contribution in [0.2, 0.25) is 0 Å². The number of benzene rings is 1. The highest BCUT2D eigenvalue weighted by atomic mass is 32.2. The molecule has 25 heavy (non-hydrogen) atoms. The van der Waals surface area contributed by atoms with Crippen LogP contribution in [0.4, 0.5) is 10.1 Å². The SMILES string of the molecule is CN(C)c1ccc(C(=O)N2CCCC(N3CCCS3(=O)=O)C2)cc1F. The first-order valence-corrected chi connectivity index (χ1v) is 10.2. The van der Waals surface area contributed by atoms with E-state index in [0.29, 0.717) is 37.3 Å². The van der Waals surface area contributed by atoms with E-state index < -0.39 is 15.8 Å². The lowest BCUT2D eigenvalue weighted by Crippen LogP contribution is -2.50. The van der Waals surface area contributed by atoms with Gasteiger partial charge in [-0.15, -0.1) is 0 Å². The highest BCUT2D eigenvalue weighted by Gasteiger charge is 2.37. The molecule has 8 heteroatoms. The standard InChI is InChI=1S/C17H24FN3O3S/c1-19(2)16-7-6-13(11-15(16)18)17(22)20-8-3-5-14(12-20)21-9-4-10-25(21,23)24/h6-7,11,14H,3-5,8-10,12H2,1-2H3. The molecular weight excluding hydrogens is 345 g/mol. The molecule has 1 aromatic carbocycles. The van der Waals surface area contributed by atoms with Crippen LogP contribution in [0.15, 0.2) is 18.2 Å². The van der Waals surface area contributed by atoms with Gasteiger partial charge in [0.25, 0.3) is 5.91 Å². The number of carbonyl (C=O) groups is 1. The molecule has 0 bridgehead atoms. The van der Waals surface area contributed by atoms with E-state index in [9.17, 15) is 17.6 Å². The molecule has 1 atom stereocenters. The van der Waals surface area contributed by atoms with E-state index in [1.165, 1.54) is 6.07 Å². The Morgan fingerprint density at radius 2 is 2.00 bits per heavy atom. The number of anilines is 1. The second-order valence-corrected chi connectivity index (χ2v) is 8.93. The fourth-order valence-corrected chi connectivity index (χ4v) is 5.39. The van der Waals surface area contributed by atoms with Crippen LogP contribution in [0.5, 0.6) is 0 Å². The molecule has 0 saturated carbocycles. The minimum absolute atomic E-state index is 0.170. The molecular formula is C17H24FN3O3S. The van der Waals surface area contributed by atoms with E-state index in [-0.39, 0.29) is 17.7 Å². The Balaban J connectivity index is 1.75. The van der Waals surface area contributed by atoms with Crippen molar-refractivity contribution in [1.29, 1.82) is 0 Å². The summed E-state index contributed by atoms with van der Waals surface area (Å²) in [6, 6.07) is 4.30. The summed E-state index contributed by atoms with van der Waals surface area (Å²) in [7, 11) is 0.291. The zero-order valence-corrected chi connectivity index (χ0v) is 15.4. The molecule has 0 spiro atoms. The number of rotatable bonds is 3. The van der Waals surface area contributed by atoms with Gasteiger partial charge in [0.15, 0.2) is 0 Å². The summed E-state index contributed by atoms with van der Waals surface area (Å²) < 4.78 is 39.9. The van der Waals surface area contributed by atoms with Gasteiger partial charge in [-0.3, -0.25) is 4.79 Å². The average Bonchev–Trinajstić information content (AvgIpc) is 2.93. The third-order valence-electron chi connectivity index (χ3n) is 4.91. The quantitative estimate of drug-likeness (QED) is 0.811. The highest BCUT2D eigenvalue weighted by Crippen LogP contribution is 2.25. The van der Waals surface area contributed by atoms with Crippen molar-refractivity contribution in [2.75, 3.05) is 44.4 Å². The number of likely N-dealkylation sites (tertiary alicyclic amines) is 1. The Hall–Kier alpha value is -1.67. The van der Waals surface area contributed by atoms with Crippen molar-refractivity contribution < 1.29 is 17.6 Å². The van der Waals surface area contributed by atoms with E-state index in [1.54, 1.807) is 40.3 Å². The summed E-state index contributed by atoms with van der Waals surface area (Å²) in [4.78, 5) is 16.0. The third-order valence-corrected chi connectivity index (χ3v) is 6.91. The van der Waals surface area contributed by atoms with Crippen molar-refractivity contribution in [2.45, 2.75) is 25.3 Å². The predicted octanol–water partition coefficient (Wildman–Crippen LogP) is 1.53. The van der Waals surface area contributed by atoms with Crippen molar-refractivity contribution in [3.63, 3.8) is 0 Å². The number of piperidine rings is 1. The molecule has 3 rings (SSSR count). The lowest BCUT2D eigenvalue weighted by molar-refractivity contribution is 0.0658. The summed E-state index contributed by atoms with van der Waals surface area (Å²) in [6.07, 6.45) is 2.15. The Bertz CT molecular complexity index is 766. The number of hydrogen-bond donors (Lipinski definition) is 0. The maximum absolute atomic E-state index is 14.2. The Morgan fingerprint density at radius 1 is 1.24 bits per heavy atom. The van der Waals surface area contributed by atoms with Crippen molar-refractivity contribution in [3.05, 3.63) is 29.6 Å². The van der Waals surface area contributed by atoms with Crippen LogP contribution in [-0.4, -0.2) is 69.1 Å². The van der Waals surface area contributed by atoms with Gasteiger partial charge in [-0.05, 0) is 37.5 Å². The molecule has 1 amide bonds. The van der Waals surface area contributed by atoms with E-state index in [2.05, 4.69) is 0 Å². The fourth-order valence-electron chi connectivity index (χ4n) is 3.63. The highest BCUT2D eigenvalue weighted by molar-refractivity contribution is 7.89. The van der Waals surface area contributed by atoms with Crippen LogP contribution in [-0.2, 0) is 10.0 Å². The monoisotopic (exact) mass is 369 g/mol. The smallest absolute Gasteiger partial charge is 0.254 e. The Labute approximate surface area is 148 Å². The zero-order chi connectivity index (χ0) is 18.2. The summed E-state index contributed by atoms with van der Waals surface area (Å²) in [5, 5.41) is 0. The number of carbonyl (C=O) groups excluding carboxylic acids is 1. The number of halogens is 1.